The molecule has 0 aromatic heterocycles. The number of alkyl halides is 1. The van der Waals surface area contributed by atoms with Gasteiger partial charge in [-0.3, -0.25) is 4.79 Å². The second kappa shape index (κ2) is 6.15. The first-order chi connectivity index (χ1) is 9.29. The topological polar surface area (TPSA) is 20.3 Å². The molecule has 0 aromatic rings. The number of amides is 1. The van der Waals surface area contributed by atoms with Crippen LogP contribution in [0.3, 0.4) is 0 Å². The molecule has 0 spiro atoms. The molecule has 1 heterocycles. The van der Waals surface area contributed by atoms with Crippen LogP contribution in [-0.2, 0) is 4.79 Å². The van der Waals surface area contributed by atoms with Gasteiger partial charge in [0.1, 0.15) is 0 Å². The lowest BCUT2D eigenvalue weighted by atomic mass is 9.67. The van der Waals surface area contributed by atoms with E-state index in [0.29, 0.717) is 17.9 Å². The molecule has 0 N–H and O–H groups in total. The second-order valence-electron chi connectivity index (χ2n) is 6.80. The summed E-state index contributed by atoms with van der Waals surface area (Å²) in [6.45, 7) is 1.000. The maximum Gasteiger partial charge on any atom is 0.225 e. The van der Waals surface area contributed by atoms with E-state index < -0.39 is 0 Å². The summed E-state index contributed by atoms with van der Waals surface area (Å²) in [4.78, 5) is 14.9. The maximum atomic E-state index is 12.7. The van der Waals surface area contributed by atoms with Crippen molar-refractivity contribution >= 4 is 21.8 Å². The fourth-order valence-electron chi connectivity index (χ4n) is 4.62. The number of rotatable bonds is 2. The number of carbonyl (C=O) groups is 1. The largest absolute Gasteiger partial charge is 0.339 e. The Morgan fingerprint density at radius 3 is 2.58 bits per heavy atom. The molecule has 1 aliphatic heterocycles. The van der Waals surface area contributed by atoms with E-state index in [0.717, 1.165) is 30.1 Å². The highest BCUT2D eigenvalue weighted by Gasteiger charge is 2.38. The monoisotopic (exact) mass is 327 g/mol. The highest BCUT2D eigenvalue weighted by Crippen LogP contribution is 2.43. The molecule has 0 bridgehead atoms. The van der Waals surface area contributed by atoms with Crippen molar-refractivity contribution in [2.75, 3.05) is 11.9 Å². The Balaban J connectivity index is 1.61. The van der Waals surface area contributed by atoms with E-state index >= 15 is 0 Å². The minimum Gasteiger partial charge on any atom is -0.339 e. The molecule has 3 aliphatic rings. The molecule has 108 valence electrons. The average Bonchev–Trinajstić information content (AvgIpc) is 2.94. The molecule has 2 nitrogen and oxygen atoms in total. The summed E-state index contributed by atoms with van der Waals surface area (Å²) in [7, 11) is 0. The molecule has 2 saturated carbocycles. The molecule has 0 radical (unpaired) electrons. The Hall–Kier alpha value is -0.0500. The standard InChI is InChI=1S/C16H26BrNO/c17-11-15-6-3-9-18(15)16(19)14-8-7-12-4-1-2-5-13(12)10-14/h12-15H,1-11H2. The molecule has 1 amide bonds. The molecule has 3 fully saturated rings. The fourth-order valence-corrected chi connectivity index (χ4v) is 5.29. The summed E-state index contributed by atoms with van der Waals surface area (Å²) < 4.78 is 0. The van der Waals surface area contributed by atoms with Crippen LogP contribution in [0.1, 0.15) is 57.8 Å². The van der Waals surface area contributed by atoms with Crippen LogP contribution in [0.2, 0.25) is 0 Å². The van der Waals surface area contributed by atoms with Crippen LogP contribution in [-0.4, -0.2) is 28.7 Å². The Morgan fingerprint density at radius 2 is 1.79 bits per heavy atom. The van der Waals surface area contributed by atoms with Crippen LogP contribution in [0.15, 0.2) is 0 Å². The number of hydrogen-bond acceptors (Lipinski definition) is 1. The number of hydrogen-bond donors (Lipinski definition) is 0. The summed E-state index contributed by atoms with van der Waals surface area (Å²) in [5, 5.41) is 0.956. The predicted molar refractivity (Wildman–Crippen MR) is 81.3 cm³/mol. The first-order valence-electron chi connectivity index (χ1n) is 8.16. The lowest BCUT2D eigenvalue weighted by Gasteiger charge is -2.40. The van der Waals surface area contributed by atoms with Crippen LogP contribution < -0.4 is 0 Å². The van der Waals surface area contributed by atoms with Crippen molar-refractivity contribution in [1.82, 2.24) is 4.90 Å². The van der Waals surface area contributed by atoms with Crippen molar-refractivity contribution in [3.05, 3.63) is 0 Å². The summed E-state index contributed by atoms with van der Waals surface area (Å²) >= 11 is 3.57. The zero-order chi connectivity index (χ0) is 13.2. The van der Waals surface area contributed by atoms with E-state index in [2.05, 4.69) is 20.8 Å². The number of nitrogens with zero attached hydrogens (tertiary/aromatic N) is 1. The van der Waals surface area contributed by atoms with E-state index in [4.69, 9.17) is 0 Å². The Labute approximate surface area is 125 Å². The van der Waals surface area contributed by atoms with Gasteiger partial charge in [-0.15, -0.1) is 0 Å². The third-order valence-electron chi connectivity index (χ3n) is 5.73. The van der Waals surface area contributed by atoms with E-state index in [9.17, 15) is 4.79 Å². The van der Waals surface area contributed by atoms with Gasteiger partial charge < -0.3 is 4.90 Å². The minimum atomic E-state index is 0.346. The fraction of sp³-hybridized carbons (Fsp3) is 0.938. The summed E-state index contributed by atoms with van der Waals surface area (Å²) in [6, 6.07) is 0.469. The Morgan fingerprint density at radius 1 is 1.00 bits per heavy atom. The summed E-state index contributed by atoms with van der Waals surface area (Å²) in [5.74, 6) is 2.63. The average molecular weight is 328 g/mol. The lowest BCUT2D eigenvalue weighted by molar-refractivity contribution is -0.138. The molecular weight excluding hydrogens is 302 g/mol. The summed E-state index contributed by atoms with van der Waals surface area (Å²) in [6.07, 6.45) is 11.7. The quantitative estimate of drug-likeness (QED) is 0.702. The van der Waals surface area contributed by atoms with E-state index in [1.165, 1.54) is 51.4 Å². The molecule has 4 atom stereocenters. The van der Waals surface area contributed by atoms with Gasteiger partial charge in [-0.1, -0.05) is 41.6 Å². The van der Waals surface area contributed by atoms with Gasteiger partial charge in [0.15, 0.2) is 0 Å². The highest BCUT2D eigenvalue weighted by molar-refractivity contribution is 9.09. The minimum absolute atomic E-state index is 0.346. The van der Waals surface area contributed by atoms with Crippen molar-refractivity contribution in [2.45, 2.75) is 63.8 Å². The number of carbonyl (C=O) groups excluding carboxylic acids is 1. The third-order valence-corrected chi connectivity index (χ3v) is 6.47. The Bertz CT molecular complexity index is 333. The smallest absolute Gasteiger partial charge is 0.225 e. The van der Waals surface area contributed by atoms with Crippen LogP contribution in [0.4, 0.5) is 0 Å². The van der Waals surface area contributed by atoms with Gasteiger partial charge >= 0.3 is 0 Å². The molecule has 1 saturated heterocycles. The van der Waals surface area contributed by atoms with Crippen molar-refractivity contribution in [3.8, 4) is 0 Å². The molecule has 4 unspecified atom stereocenters. The Kier molecular flexibility index (Phi) is 4.51. The molecule has 3 rings (SSSR count). The van der Waals surface area contributed by atoms with Gasteiger partial charge in [0.25, 0.3) is 0 Å². The van der Waals surface area contributed by atoms with Gasteiger partial charge in [-0.25, -0.2) is 0 Å². The van der Waals surface area contributed by atoms with E-state index in [1.807, 2.05) is 0 Å². The zero-order valence-corrected chi connectivity index (χ0v) is 13.4. The molecule has 3 heteroatoms. The molecule has 0 aromatic carbocycles. The van der Waals surface area contributed by atoms with Gasteiger partial charge in [0.05, 0.1) is 0 Å². The van der Waals surface area contributed by atoms with Crippen molar-refractivity contribution in [3.63, 3.8) is 0 Å². The van der Waals surface area contributed by atoms with E-state index in [1.54, 1.807) is 0 Å². The first kappa shape index (κ1) is 13.9. The summed E-state index contributed by atoms with van der Waals surface area (Å²) in [5.41, 5.74) is 0. The SMILES string of the molecule is O=C(C1CCC2CCCCC2C1)N1CCCC1CBr. The zero-order valence-electron chi connectivity index (χ0n) is 11.8. The van der Waals surface area contributed by atoms with Crippen LogP contribution in [0.5, 0.6) is 0 Å². The maximum absolute atomic E-state index is 12.7. The first-order valence-corrected chi connectivity index (χ1v) is 9.28. The molecule has 2 aliphatic carbocycles. The number of fused-ring (bicyclic) bond motifs is 1. The van der Waals surface area contributed by atoms with E-state index in [-0.39, 0.29) is 0 Å². The highest BCUT2D eigenvalue weighted by atomic mass is 79.9. The van der Waals surface area contributed by atoms with Crippen molar-refractivity contribution in [2.24, 2.45) is 17.8 Å². The third kappa shape index (κ3) is 2.86. The van der Waals surface area contributed by atoms with Crippen molar-refractivity contribution in [1.29, 1.82) is 0 Å². The second-order valence-corrected chi connectivity index (χ2v) is 7.44. The lowest BCUT2D eigenvalue weighted by Crippen LogP contribution is -2.43. The molecule has 19 heavy (non-hydrogen) atoms. The number of likely N-dealkylation sites (tertiary alicyclic amines) is 1. The number of halogens is 1. The predicted octanol–water partition coefficient (Wildman–Crippen LogP) is 3.98. The van der Waals surface area contributed by atoms with Gasteiger partial charge in [0, 0.05) is 23.8 Å². The molecular formula is C16H26BrNO. The van der Waals surface area contributed by atoms with Gasteiger partial charge in [-0.2, -0.15) is 0 Å². The van der Waals surface area contributed by atoms with Crippen LogP contribution in [0.25, 0.3) is 0 Å². The van der Waals surface area contributed by atoms with Gasteiger partial charge in [0.2, 0.25) is 5.91 Å². The normalized spacial score (nSPS) is 39.1. The van der Waals surface area contributed by atoms with Crippen LogP contribution in [0, 0.1) is 17.8 Å². The van der Waals surface area contributed by atoms with Gasteiger partial charge in [-0.05, 0) is 43.9 Å². The van der Waals surface area contributed by atoms with Crippen LogP contribution >= 0.6 is 15.9 Å². The van der Waals surface area contributed by atoms with Crippen molar-refractivity contribution < 1.29 is 4.79 Å².